The number of ether oxygens (including phenoxy) is 1. The summed E-state index contributed by atoms with van der Waals surface area (Å²) < 4.78 is 6.22. The number of hydrogen-bond donors (Lipinski definition) is 1. The van der Waals surface area contributed by atoms with E-state index in [1.807, 2.05) is 0 Å². The third-order valence-electron chi connectivity index (χ3n) is 5.55. The summed E-state index contributed by atoms with van der Waals surface area (Å²) in [5.41, 5.74) is 6.12. The van der Waals surface area contributed by atoms with Crippen molar-refractivity contribution in [1.82, 2.24) is 9.80 Å². The van der Waals surface area contributed by atoms with Crippen molar-refractivity contribution >= 4 is 0 Å². The van der Waals surface area contributed by atoms with Crippen LogP contribution in [0.5, 0.6) is 0 Å². The van der Waals surface area contributed by atoms with Crippen molar-refractivity contribution in [2.45, 2.75) is 70.9 Å². The van der Waals surface area contributed by atoms with Gasteiger partial charge in [-0.2, -0.15) is 0 Å². The van der Waals surface area contributed by atoms with Gasteiger partial charge >= 0.3 is 0 Å². The van der Waals surface area contributed by atoms with Gasteiger partial charge in [0.1, 0.15) is 0 Å². The van der Waals surface area contributed by atoms with Crippen LogP contribution < -0.4 is 5.73 Å². The molecule has 2 aliphatic heterocycles. The second kappa shape index (κ2) is 5.24. The van der Waals surface area contributed by atoms with E-state index >= 15 is 0 Å². The summed E-state index contributed by atoms with van der Waals surface area (Å²) in [5.74, 6) is 0.389. The predicted molar refractivity (Wildman–Crippen MR) is 83.8 cm³/mol. The van der Waals surface area contributed by atoms with Gasteiger partial charge < -0.3 is 10.5 Å². The van der Waals surface area contributed by atoms with Crippen molar-refractivity contribution < 1.29 is 4.74 Å². The van der Waals surface area contributed by atoms with Gasteiger partial charge in [-0.15, -0.1) is 0 Å². The molecule has 0 spiro atoms. The molecule has 2 rings (SSSR count). The second-order valence-electron chi connectivity index (χ2n) is 8.02. The Morgan fingerprint density at radius 2 is 1.55 bits per heavy atom. The molecule has 0 bridgehead atoms. The quantitative estimate of drug-likeness (QED) is 0.835. The monoisotopic (exact) mass is 283 g/mol. The van der Waals surface area contributed by atoms with Crippen molar-refractivity contribution in [3.05, 3.63) is 0 Å². The zero-order chi connectivity index (χ0) is 15.3. The summed E-state index contributed by atoms with van der Waals surface area (Å²) in [6.07, 6.45) is 0. The molecule has 2 heterocycles. The zero-order valence-corrected chi connectivity index (χ0v) is 14.3. The standard InChI is InChI=1S/C16H33N3O/c1-11-8-19(9-12(2)18(11)7)10-13-14(17)16(5,6)20-15(13,3)4/h11-14H,8-10,17H2,1-7H3. The van der Waals surface area contributed by atoms with E-state index in [1.54, 1.807) is 0 Å². The fourth-order valence-electron chi connectivity index (χ4n) is 4.01. The van der Waals surface area contributed by atoms with Gasteiger partial charge in [0.05, 0.1) is 11.2 Å². The Hall–Kier alpha value is -0.160. The fraction of sp³-hybridized carbons (Fsp3) is 1.00. The van der Waals surface area contributed by atoms with Crippen LogP contribution >= 0.6 is 0 Å². The van der Waals surface area contributed by atoms with Crippen LogP contribution in [0, 0.1) is 5.92 Å². The molecular weight excluding hydrogens is 250 g/mol. The predicted octanol–water partition coefficient (Wildman–Crippen LogP) is 1.54. The maximum absolute atomic E-state index is 6.48. The molecule has 2 fully saturated rings. The number of nitrogens with two attached hydrogens (primary N) is 1. The van der Waals surface area contributed by atoms with E-state index < -0.39 is 0 Å². The second-order valence-corrected chi connectivity index (χ2v) is 8.02. The van der Waals surface area contributed by atoms with Gasteiger partial charge in [0.15, 0.2) is 0 Å². The summed E-state index contributed by atoms with van der Waals surface area (Å²) in [4.78, 5) is 5.04. The fourth-order valence-corrected chi connectivity index (χ4v) is 4.01. The van der Waals surface area contributed by atoms with Gasteiger partial charge in [0.25, 0.3) is 0 Å². The van der Waals surface area contributed by atoms with Gasteiger partial charge in [0.2, 0.25) is 0 Å². The first-order valence-corrected chi connectivity index (χ1v) is 7.94. The minimum atomic E-state index is -0.224. The molecule has 0 amide bonds. The van der Waals surface area contributed by atoms with Crippen LogP contribution in [0.1, 0.15) is 41.5 Å². The van der Waals surface area contributed by atoms with Crippen LogP contribution in [-0.4, -0.2) is 65.8 Å². The van der Waals surface area contributed by atoms with E-state index in [1.165, 1.54) is 0 Å². The van der Waals surface area contributed by atoms with E-state index in [2.05, 4.69) is 58.4 Å². The molecule has 0 aromatic rings. The lowest BCUT2D eigenvalue weighted by atomic mass is 9.82. The summed E-state index contributed by atoms with van der Waals surface area (Å²) in [6.45, 7) is 16.5. The minimum Gasteiger partial charge on any atom is -0.368 e. The summed E-state index contributed by atoms with van der Waals surface area (Å²) in [6, 6.07) is 1.31. The van der Waals surface area contributed by atoms with E-state index in [-0.39, 0.29) is 17.2 Å². The van der Waals surface area contributed by atoms with E-state index in [0.29, 0.717) is 18.0 Å². The van der Waals surface area contributed by atoms with Crippen molar-refractivity contribution in [2.24, 2.45) is 11.7 Å². The van der Waals surface area contributed by atoms with Crippen molar-refractivity contribution in [3.8, 4) is 0 Å². The Labute approximate surface area is 124 Å². The normalized spacial score (nSPS) is 42.0. The lowest BCUT2D eigenvalue weighted by Crippen LogP contribution is -2.58. The van der Waals surface area contributed by atoms with Crippen LogP contribution in [0.25, 0.3) is 0 Å². The van der Waals surface area contributed by atoms with Crippen LogP contribution in [0.15, 0.2) is 0 Å². The number of rotatable bonds is 2. The van der Waals surface area contributed by atoms with Crippen LogP contribution in [0.2, 0.25) is 0 Å². The highest BCUT2D eigenvalue weighted by molar-refractivity contribution is 5.05. The maximum atomic E-state index is 6.48. The first-order valence-electron chi connectivity index (χ1n) is 7.94. The van der Waals surface area contributed by atoms with Gasteiger partial charge in [-0.05, 0) is 48.6 Å². The summed E-state index contributed by atoms with van der Waals surface area (Å²) in [7, 11) is 2.23. The molecule has 4 unspecified atom stereocenters. The van der Waals surface area contributed by atoms with Gasteiger partial charge in [-0.25, -0.2) is 0 Å². The molecule has 118 valence electrons. The number of hydrogen-bond acceptors (Lipinski definition) is 4. The molecule has 4 heteroatoms. The van der Waals surface area contributed by atoms with Gasteiger partial charge in [0, 0.05) is 43.7 Å². The Morgan fingerprint density at radius 1 is 1.05 bits per heavy atom. The third-order valence-corrected chi connectivity index (χ3v) is 5.55. The minimum absolute atomic E-state index is 0.0998. The average Bonchev–Trinajstić information content (AvgIpc) is 2.44. The van der Waals surface area contributed by atoms with Crippen molar-refractivity contribution in [2.75, 3.05) is 26.7 Å². The zero-order valence-electron chi connectivity index (χ0n) is 14.3. The molecule has 0 radical (unpaired) electrons. The van der Waals surface area contributed by atoms with Crippen molar-refractivity contribution in [3.63, 3.8) is 0 Å². The maximum Gasteiger partial charge on any atom is 0.0788 e. The third kappa shape index (κ3) is 2.89. The highest BCUT2D eigenvalue weighted by Gasteiger charge is 2.52. The van der Waals surface area contributed by atoms with E-state index in [0.717, 1.165) is 19.6 Å². The van der Waals surface area contributed by atoms with Crippen molar-refractivity contribution in [1.29, 1.82) is 0 Å². The Bertz CT molecular complexity index is 344. The molecule has 2 N–H and O–H groups in total. The molecule has 2 saturated heterocycles. The van der Waals surface area contributed by atoms with Gasteiger partial charge in [-0.1, -0.05) is 0 Å². The SMILES string of the molecule is CC1CN(CC2C(N)C(C)(C)OC2(C)C)CC(C)N1C. The molecule has 0 aliphatic carbocycles. The first-order chi connectivity index (χ1) is 9.04. The average molecular weight is 283 g/mol. The highest BCUT2D eigenvalue weighted by atomic mass is 16.5. The molecule has 0 aromatic carbocycles. The van der Waals surface area contributed by atoms with Gasteiger partial charge in [-0.3, -0.25) is 9.80 Å². The smallest absolute Gasteiger partial charge is 0.0788 e. The molecule has 4 atom stereocenters. The van der Waals surface area contributed by atoms with Crippen LogP contribution in [0.4, 0.5) is 0 Å². The van der Waals surface area contributed by atoms with E-state index in [4.69, 9.17) is 10.5 Å². The summed E-state index contributed by atoms with van der Waals surface area (Å²) in [5, 5.41) is 0. The number of piperazine rings is 1. The number of likely N-dealkylation sites (N-methyl/N-ethyl adjacent to an activating group) is 1. The van der Waals surface area contributed by atoms with E-state index in [9.17, 15) is 0 Å². The highest BCUT2D eigenvalue weighted by Crippen LogP contribution is 2.41. The molecule has 0 saturated carbocycles. The Balaban J connectivity index is 2.06. The Morgan fingerprint density at radius 3 is 1.95 bits per heavy atom. The molecule has 4 nitrogen and oxygen atoms in total. The lowest BCUT2D eigenvalue weighted by Gasteiger charge is -2.44. The molecular formula is C16H33N3O. The molecule has 0 aromatic heterocycles. The number of nitrogens with zero attached hydrogens (tertiary/aromatic N) is 2. The summed E-state index contributed by atoms with van der Waals surface area (Å²) >= 11 is 0. The van der Waals surface area contributed by atoms with Crippen LogP contribution in [-0.2, 0) is 4.74 Å². The van der Waals surface area contributed by atoms with Crippen LogP contribution in [0.3, 0.4) is 0 Å². The first kappa shape index (κ1) is 16.2. The largest absolute Gasteiger partial charge is 0.368 e. The topological polar surface area (TPSA) is 41.7 Å². The lowest BCUT2D eigenvalue weighted by molar-refractivity contribution is -0.0801. The molecule has 20 heavy (non-hydrogen) atoms. The Kier molecular flexibility index (Phi) is 4.25. The molecule has 2 aliphatic rings.